The van der Waals surface area contributed by atoms with Crippen molar-refractivity contribution in [3.05, 3.63) is 69.8 Å². The fraction of sp³-hybridized carbons (Fsp3) is 0.267. The van der Waals surface area contributed by atoms with Crippen molar-refractivity contribution in [2.75, 3.05) is 13.2 Å². The lowest BCUT2D eigenvalue weighted by molar-refractivity contribution is -0.149. The van der Waals surface area contributed by atoms with Gasteiger partial charge in [0.25, 0.3) is 0 Å². The number of ether oxygens (including phenoxy) is 1. The van der Waals surface area contributed by atoms with Crippen molar-refractivity contribution in [3.8, 4) is 0 Å². The SMILES string of the molecule is CC(C)(C)OC(=O)C1=Cc2ccc(C(=O)CO)cc2N=C(N)C1.Cl.NC1=Nc2cc(C(=O)CO)ccc2C=C(C(=O)O)C1. The van der Waals surface area contributed by atoms with Gasteiger partial charge in [-0.25, -0.2) is 19.6 Å². The Morgan fingerprint density at radius 1 is 0.791 bits per heavy atom. The summed E-state index contributed by atoms with van der Waals surface area (Å²) in [4.78, 5) is 54.6. The molecule has 0 saturated heterocycles. The lowest BCUT2D eigenvalue weighted by atomic mass is 10.0. The van der Waals surface area contributed by atoms with Gasteiger partial charge >= 0.3 is 11.9 Å². The third kappa shape index (κ3) is 9.43. The van der Waals surface area contributed by atoms with Gasteiger partial charge in [-0.3, -0.25) is 9.59 Å². The summed E-state index contributed by atoms with van der Waals surface area (Å²) in [6.45, 7) is 4.21. The van der Waals surface area contributed by atoms with Gasteiger partial charge in [-0.1, -0.05) is 24.3 Å². The van der Waals surface area contributed by atoms with E-state index < -0.39 is 42.3 Å². The molecule has 228 valence electrons. The number of hydrogen-bond donors (Lipinski definition) is 5. The number of ketones is 2. The second-order valence-electron chi connectivity index (χ2n) is 10.4. The van der Waals surface area contributed by atoms with E-state index in [2.05, 4.69) is 9.98 Å². The molecule has 0 aromatic heterocycles. The number of esters is 1. The Morgan fingerprint density at radius 3 is 1.60 bits per heavy atom. The number of aliphatic hydroxyl groups is 2. The van der Waals surface area contributed by atoms with Gasteiger partial charge in [-0.15, -0.1) is 12.4 Å². The minimum Gasteiger partial charge on any atom is -0.478 e. The Labute approximate surface area is 253 Å². The molecule has 13 heteroatoms. The van der Waals surface area contributed by atoms with Crippen LogP contribution in [-0.2, 0) is 14.3 Å². The van der Waals surface area contributed by atoms with Crippen molar-refractivity contribution in [3.63, 3.8) is 0 Å². The van der Waals surface area contributed by atoms with Crippen LogP contribution in [0.2, 0.25) is 0 Å². The predicted octanol–water partition coefficient (Wildman–Crippen LogP) is 3.12. The number of carboxylic acids is 1. The smallest absolute Gasteiger partial charge is 0.335 e. The minimum atomic E-state index is -1.05. The van der Waals surface area contributed by atoms with E-state index in [1.807, 2.05) is 0 Å². The van der Waals surface area contributed by atoms with Crippen LogP contribution in [0.5, 0.6) is 0 Å². The molecule has 0 saturated carbocycles. The number of nitrogens with two attached hydrogens (primary N) is 2. The highest BCUT2D eigenvalue weighted by Gasteiger charge is 2.23. The van der Waals surface area contributed by atoms with Crippen molar-refractivity contribution in [2.24, 2.45) is 21.5 Å². The molecule has 0 amide bonds. The number of aliphatic carboxylic acids is 1. The zero-order chi connectivity index (χ0) is 31.2. The molecule has 0 radical (unpaired) electrons. The maximum atomic E-state index is 12.3. The number of aliphatic imine (C=N–C) groups is 2. The number of carbonyl (C=O) groups is 4. The molecule has 0 fully saturated rings. The molecule has 0 unspecified atom stereocenters. The van der Waals surface area contributed by atoms with E-state index in [0.717, 1.165) is 0 Å². The molecule has 12 nitrogen and oxygen atoms in total. The summed E-state index contributed by atoms with van der Waals surface area (Å²) in [5.41, 5.74) is 14.3. The number of halogens is 1. The molecule has 2 aromatic carbocycles. The number of amidine groups is 2. The van der Waals surface area contributed by atoms with Crippen LogP contribution in [0, 0.1) is 0 Å². The summed E-state index contributed by atoms with van der Waals surface area (Å²) in [5, 5.41) is 26.8. The molecule has 7 N–H and O–H groups in total. The maximum absolute atomic E-state index is 12.3. The van der Waals surface area contributed by atoms with Crippen LogP contribution in [0.3, 0.4) is 0 Å². The summed E-state index contributed by atoms with van der Waals surface area (Å²) in [6, 6.07) is 9.40. The molecule has 2 heterocycles. The van der Waals surface area contributed by atoms with Crippen molar-refractivity contribution >= 4 is 71.1 Å². The first-order valence-corrected chi connectivity index (χ1v) is 12.8. The number of aliphatic hydroxyl groups excluding tert-OH is 2. The van der Waals surface area contributed by atoms with Crippen LogP contribution in [-0.4, -0.2) is 69.3 Å². The van der Waals surface area contributed by atoms with Gasteiger partial charge in [0.2, 0.25) is 0 Å². The van der Waals surface area contributed by atoms with Gasteiger partial charge in [0.1, 0.15) is 30.5 Å². The number of Topliss-reactive ketones (excluding diaryl/α,β-unsaturated/α-hetero) is 2. The molecule has 0 bridgehead atoms. The Bertz CT molecular complexity index is 1570. The lowest BCUT2D eigenvalue weighted by Gasteiger charge is -2.20. The van der Waals surface area contributed by atoms with Crippen LogP contribution >= 0.6 is 12.4 Å². The Kier molecular flexibility index (Phi) is 11.6. The normalized spacial score (nSPS) is 13.8. The molecule has 0 spiro atoms. The highest BCUT2D eigenvalue weighted by Crippen LogP contribution is 2.29. The summed E-state index contributed by atoms with van der Waals surface area (Å²) in [7, 11) is 0. The van der Waals surface area contributed by atoms with E-state index in [-0.39, 0.29) is 42.5 Å². The lowest BCUT2D eigenvalue weighted by Crippen LogP contribution is -2.26. The highest BCUT2D eigenvalue weighted by molar-refractivity contribution is 6.05. The van der Waals surface area contributed by atoms with E-state index in [0.29, 0.717) is 39.2 Å². The number of benzene rings is 2. The van der Waals surface area contributed by atoms with Crippen molar-refractivity contribution in [2.45, 2.75) is 39.2 Å². The van der Waals surface area contributed by atoms with Crippen LogP contribution in [0.15, 0.2) is 57.5 Å². The first kappa shape index (κ1) is 34.6. The number of rotatable bonds is 6. The highest BCUT2D eigenvalue weighted by atomic mass is 35.5. The van der Waals surface area contributed by atoms with Crippen LogP contribution in [0.4, 0.5) is 11.4 Å². The van der Waals surface area contributed by atoms with Gasteiger partial charge in [0.15, 0.2) is 11.6 Å². The van der Waals surface area contributed by atoms with Crippen molar-refractivity contribution in [1.82, 2.24) is 0 Å². The van der Waals surface area contributed by atoms with Gasteiger partial charge in [0, 0.05) is 46.2 Å². The third-order valence-electron chi connectivity index (χ3n) is 5.86. The molecule has 0 atom stereocenters. The average Bonchev–Trinajstić information content (AvgIpc) is 3.20. The molecule has 4 rings (SSSR count). The number of fused-ring (bicyclic) bond motifs is 2. The standard InChI is InChI=1S/C17H20N2O4.C13H12N2O4.ClH/c1-17(2,3)23-16(22)12-6-10-4-5-11(14(21)9-20)7-13(10)19-15(18)8-12;14-12-5-9(13(18)19)3-7-1-2-8(11(17)6-16)4-10(7)15-12;/h4-7,20H,8-9H2,1-3H3,(H2,18,19);1-4,16H,5-6H2,(H2,14,15)(H,18,19);1H. The van der Waals surface area contributed by atoms with Crippen LogP contribution < -0.4 is 11.5 Å². The third-order valence-corrected chi connectivity index (χ3v) is 5.86. The molecule has 2 aliphatic rings. The first-order valence-electron chi connectivity index (χ1n) is 12.8. The van der Waals surface area contributed by atoms with Crippen LogP contribution in [0.25, 0.3) is 12.2 Å². The number of hydrogen-bond acceptors (Lipinski definition) is 11. The van der Waals surface area contributed by atoms with Gasteiger partial charge in [-0.05, 0) is 45.1 Å². The van der Waals surface area contributed by atoms with E-state index in [4.69, 9.17) is 31.5 Å². The van der Waals surface area contributed by atoms with Crippen LogP contribution in [0.1, 0.15) is 65.5 Å². The second kappa shape index (κ2) is 14.5. The van der Waals surface area contributed by atoms with E-state index in [1.54, 1.807) is 51.1 Å². The van der Waals surface area contributed by atoms with Crippen molar-refractivity contribution in [1.29, 1.82) is 0 Å². The minimum absolute atomic E-state index is 0. The topological polar surface area (TPSA) is 215 Å². The van der Waals surface area contributed by atoms with E-state index >= 15 is 0 Å². The predicted molar refractivity (Wildman–Crippen MR) is 164 cm³/mol. The monoisotopic (exact) mass is 612 g/mol. The molecule has 2 aliphatic heterocycles. The zero-order valence-electron chi connectivity index (χ0n) is 23.8. The average molecular weight is 613 g/mol. The summed E-state index contributed by atoms with van der Waals surface area (Å²) < 4.78 is 5.37. The molecule has 43 heavy (non-hydrogen) atoms. The summed E-state index contributed by atoms with van der Waals surface area (Å²) in [5.74, 6) is -1.90. The number of carboxylic acid groups (broad SMARTS) is 1. The maximum Gasteiger partial charge on any atom is 0.335 e. The number of nitrogens with zero attached hydrogens (tertiary/aromatic N) is 2. The van der Waals surface area contributed by atoms with Gasteiger partial charge in [0.05, 0.1) is 11.4 Å². The Balaban J connectivity index is 0.000000298. The number of carbonyl (C=O) groups excluding carboxylic acids is 3. The molecule has 2 aromatic rings. The second-order valence-corrected chi connectivity index (χ2v) is 10.4. The van der Waals surface area contributed by atoms with Crippen molar-refractivity contribution < 1.29 is 39.2 Å². The summed E-state index contributed by atoms with van der Waals surface area (Å²) >= 11 is 0. The molecular formula is C30H33ClN4O8. The summed E-state index contributed by atoms with van der Waals surface area (Å²) in [6.07, 6.45) is 3.37. The zero-order valence-corrected chi connectivity index (χ0v) is 24.6. The molecule has 0 aliphatic carbocycles. The Hall–Kier alpha value is -4.65. The Morgan fingerprint density at radius 2 is 1.21 bits per heavy atom. The van der Waals surface area contributed by atoms with Gasteiger partial charge in [-0.2, -0.15) is 0 Å². The largest absolute Gasteiger partial charge is 0.478 e. The fourth-order valence-electron chi connectivity index (χ4n) is 3.92. The fourth-order valence-corrected chi connectivity index (χ4v) is 3.92. The van der Waals surface area contributed by atoms with E-state index in [9.17, 15) is 19.2 Å². The first-order chi connectivity index (χ1) is 19.7. The van der Waals surface area contributed by atoms with E-state index in [1.165, 1.54) is 18.2 Å². The van der Waals surface area contributed by atoms with Gasteiger partial charge < -0.3 is 31.5 Å². The quantitative estimate of drug-likeness (QED) is 0.237. The molecular weight excluding hydrogens is 580 g/mol.